The van der Waals surface area contributed by atoms with Crippen molar-refractivity contribution < 1.29 is 14.7 Å². The van der Waals surface area contributed by atoms with E-state index in [0.29, 0.717) is 29.5 Å². The third-order valence-corrected chi connectivity index (χ3v) is 8.63. The summed E-state index contributed by atoms with van der Waals surface area (Å²) in [6, 6.07) is 20.2. The predicted molar refractivity (Wildman–Crippen MR) is 158 cm³/mol. The molecule has 2 N–H and O–H groups in total. The van der Waals surface area contributed by atoms with Gasteiger partial charge in [0.05, 0.1) is 22.2 Å². The first-order valence-corrected chi connectivity index (χ1v) is 13.7. The van der Waals surface area contributed by atoms with Crippen LogP contribution in [0.15, 0.2) is 84.5 Å². The summed E-state index contributed by atoms with van der Waals surface area (Å²) < 4.78 is 0. The number of nitrogens with one attached hydrogen (secondary N) is 1. The number of benzene rings is 3. The number of rotatable bonds is 4. The van der Waals surface area contributed by atoms with E-state index in [4.69, 9.17) is 16.6 Å². The van der Waals surface area contributed by atoms with Crippen molar-refractivity contribution in [3.63, 3.8) is 0 Å². The van der Waals surface area contributed by atoms with Gasteiger partial charge < -0.3 is 15.0 Å². The fourth-order valence-electron chi connectivity index (χ4n) is 6.51. The van der Waals surface area contributed by atoms with Gasteiger partial charge in [0, 0.05) is 34.5 Å². The number of halogens is 1. The van der Waals surface area contributed by atoms with Crippen molar-refractivity contribution in [2.24, 2.45) is 10.8 Å². The third-order valence-electron chi connectivity index (χ3n) is 8.40. The first kappa shape index (κ1) is 26.1. The zero-order valence-electron chi connectivity index (χ0n) is 22.7. The number of nitrogens with zero attached hydrogens (tertiary/aromatic N) is 2. The highest BCUT2D eigenvalue weighted by molar-refractivity contribution is 6.31. The molecule has 3 aromatic carbocycles. The monoisotopic (exact) mass is 551 g/mol. The second kappa shape index (κ2) is 9.49. The van der Waals surface area contributed by atoms with Crippen LogP contribution in [-0.4, -0.2) is 44.9 Å². The van der Waals surface area contributed by atoms with Crippen LogP contribution in [0.1, 0.15) is 53.5 Å². The molecule has 202 valence electrons. The molecule has 7 heteroatoms. The van der Waals surface area contributed by atoms with Gasteiger partial charge in [-0.1, -0.05) is 80.4 Å². The summed E-state index contributed by atoms with van der Waals surface area (Å²) >= 11 is 6.16. The molecule has 2 aliphatic rings. The second-order valence-electron chi connectivity index (χ2n) is 11.5. The van der Waals surface area contributed by atoms with Gasteiger partial charge in [0.15, 0.2) is 0 Å². The molecule has 6 rings (SSSR count). The number of aromatic nitrogens is 2. The van der Waals surface area contributed by atoms with Crippen LogP contribution in [-0.2, 0) is 0 Å². The van der Waals surface area contributed by atoms with Gasteiger partial charge in [-0.3, -0.25) is 4.79 Å². The van der Waals surface area contributed by atoms with E-state index in [-0.39, 0.29) is 22.3 Å². The molecule has 1 aliphatic carbocycles. The van der Waals surface area contributed by atoms with Crippen LogP contribution in [0.2, 0.25) is 5.02 Å². The topological polar surface area (TPSA) is 86.3 Å². The molecule has 1 aromatic heterocycles. The van der Waals surface area contributed by atoms with Gasteiger partial charge in [-0.2, -0.15) is 0 Å². The number of aromatic carboxylic acids is 1. The van der Waals surface area contributed by atoms with Crippen molar-refractivity contribution in [3.8, 4) is 11.4 Å². The Morgan fingerprint density at radius 1 is 1.00 bits per heavy atom. The Morgan fingerprint density at radius 2 is 1.75 bits per heavy atom. The number of H-pyrrole nitrogens is 1. The summed E-state index contributed by atoms with van der Waals surface area (Å²) in [5, 5.41) is 9.90. The second-order valence-corrected chi connectivity index (χ2v) is 11.9. The average molecular weight is 552 g/mol. The van der Waals surface area contributed by atoms with Crippen molar-refractivity contribution >= 4 is 40.1 Å². The van der Waals surface area contributed by atoms with E-state index in [1.54, 1.807) is 12.1 Å². The number of carbonyl (C=O) groups excluding carboxylic acids is 1. The fourth-order valence-corrected chi connectivity index (χ4v) is 6.68. The molecule has 0 saturated heterocycles. The van der Waals surface area contributed by atoms with Crippen molar-refractivity contribution in [3.05, 3.63) is 106 Å². The number of amides is 1. The normalized spacial score (nSPS) is 20.1. The summed E-state index contributed by atoms with van der Waals surface area (Å²) in [5.74, 6) is -0.314. The molecule has 1 atom stereocenters. The van der Waals surface area contributed by atoms with E-state index in [2.05, 4.69) is 37.9 Å². The molecule has 1 aliphatic heterocycles. The molecule has 0 unspecified atom stereocenters. The number of allylic oxidation sites excluding steroid dienone is 2. The Labute approximate surface area is 238 Å². The van der Waals surface area contributed by atoms with Gasteiger partial charge in [0.25, 0.3) is 5.91 Å². The molecular formula is C33H30ClN3O3. The number of carboxylic acid groups (broad SMARTS) is 1. The van der Waals surface area contributed by atoms with E-state index in [1.807, 2.05) is 59.5 Å². The quantitative estimate of drug-likeness (QED) is 0.257. The summed E-state index contributed by atoms with van der Waals surface area (Å²) in [6.45, 7) is 7.78. The van der Waals surface area contributed by atoms with Gasteiger partial charge >= 0.3 is 5.97 Å². The van der Waals surface area contributed by atoms with Crippen LogP contribution in [0.4, 0.5) is 0 Å². The summed E-state index contributed by atoms with van der Waals surface area (Å²) in [6.07, 6.45) is 5.26. The Morgan fingerprint density at radius 3 is 2.50 bits per heavy atom. The van der Waals surface area contributed by atoms with E-state index < -0.39 is 5.97 Å². The zero-order chi connectivity index (χ0) is 28.2. The number of aromatic amines is 1. The summed E-state index contributed by atoms with van der Waals surface area (Å²) in [5.41, 5.74) is 6.31. The van der Waals surface area contributed by atoms with Crippen LogP contribution in [0.5, 0.6) is 0 Å². The smallest absolute Gasteiger partial charge is 0.335 e. The fraction of sp³-hybridized carbons (Fsp3) is 0.242. The SMILES string of the molecule is CC1(C)C(c2ccc(C(=O)O)cc2)=CC[C@]2(C)CN(C(=O)c3ccccc3-c3nc4cc(Cl)ccc4[nH]3)CC=C12. The minimum Gasteiger partial charge on any atom is -0.478 e. The van der Waals surface area contributed by atoms with Gasteiger partial charge in [-0.15, -0.1) is 0 Å². The lowest BCUT2D eigenvalue weighted by molar-refractivity contribution is 0.0679. The van der Waals surface area contributed by atoms with Crippen molar-refractivity contribution in [1.82, 2.24) is 14.9 Å². The molecule has 0 spiro atoms. The number of imidazole rings is 1. The maximum Gasteiger partial charge on any atom is 0.335 e. The highest BCUT2D eigenvalue weighted by Gasteiger charge is 2.46. The molecule has 4 aromatic rings. The lowest BCUT2D eigenvalue weighted by atomic mass is 9.58. The molecule has 0 bridgehead atoms. The minimum absolute atomic E-state index is 0.0255. The summed E-state index contributed by atoms with van der Waals surface area (Å²) in [4.78, 5) is 35.3. The molecule has 0 radical (unpaired) electrons. The molecule has 0 saturated carbocycles. The largest absolute Gasteiger partial charge is 0.478 e. The van der Waals surface area contributed by atoms with E-state index >= 15 is 0 Å². The van der Waals surface area contributed by atoms with Gasteiger partial charge in [0.1, 0.15) is 5.82 Å². The van der Waals surface area contributed by atoms with Crippen molar-refractivity contribution in [1.29, 1.82) is 0 Å². The zero-order valence-corrected chi connectivity index (χ0v) is 23.4. The molecule has 1 amide bonds. The predicted octanol–water partition coefficient (Wildman–Crippen LogP) is 7.48. The Kier molecular flexibility index (Phi) is 6.19. The highest BCUT2D eigenvalue weighted by atomic mass is 35.5. The lowest BCUT2D eigenvalue weighted by Gasteiger charge is -2.50. The van der Waals surface area contributed by atoms with Gasteiger partial charge in [-0.25, -0.2) is 9.78 Å². The van der Waals surface area contributed by atoms with Gasteiger partial charge in [-0.05, 0) is 54.0 Å². The molecular weight excluding hydrogens is 522 g/mol. The number of carboxylic acids is 1. The number of hydrogen-bond donors (Lipinski definition) is 2. The van der Waals surface area contributed by atoms with Crippen molar-refractivity contribution in [2.45, 2.75) is 27.2 Å². The van der Waals surface area contributed by atoms with E-state index in [1.165, 1.54) is 11.1 Å². The molecule has 2 heterocycles. The summed E-state index contributed by atoms with van der Waals surface area (Å²) in [7, 11) is 0. The van der Waals surface area contributed by atoms with E-state index in [9.17, 15) is 14.7 Å². The van der Waals surface area contributed by atoms with Crippen LogP contribution < -0.4 is 0 Å². The molecule has 0 fully saturated rings. The Balaban J connectivity index is 1.30. The van der Waals surface area contributed by atoms with Crippen LogP contribution >= 0.6 is 11.6 Å². The molecule has 6 nitrogen and oxygen atoms in total. The lowest BCUT2D eigenvalue weighted by Crippen LogP contribution is -2.48. The number of fused-ring (bicyclic) bond motifs is 2. The molecule has 40 heavy (non-hydrogen) atoms. The van der Waals surface area contributed by atoms with Crippen LogP contribution in [0, 0.1) is 10.8 Å². The Hall–Kier alpha value is -4.16. The number of carbonyl (C=O) groups is 2. The van der Waals surface area contributed by atoms with Crippen molar-refractivity contribution in [2.75, 3.05) is 13.1 Å². The standard InChI is InChI=1S/C33H30ClN3O3/c1-32(2)25(20-8-10-21(11-9-20)31(39)40)14-16-33(3)19-37(17-15-28(32)33)30(38)24-7-5-4-6-23(24)29-35-26-13-12-22(34)18-27(26)36-29/h4-15,18H,16-17,19H2,1-3H3,(H,35,36)(H,39,40)/t33-/m1/s1. The van der Waals surface area contributed by atoms with Crippen LogP contribution in [0.3, 0.4) is 0 Å². The van der Waals surface area contributed by atoms with Gasteiger partial charge in [0.2, 0.25) is 0 Å². The number of hydrogen-bond acceptors (Lipinski definition) is 3. The van der Waals surface area contributed by atoms with E-state index in [0.717, 1.165) is 28.6 Å². The Bertz CT molecular complexity index is 1730. The maximum absolute atomic E-state index is 14.0. The maximum atomic E-state index is 14.0. The first-order valence-electron chi connectivity index (χ1n) is 13.4. The highest BCUT2D eigenvalue weighted by Crippen LogP contribution is 2.55. The average Bonchev–Trinajstić information content (AvgIpc) is 3.35. The van der Waals surface area contributed by atoms with Crippen LogP contribution in [0.25, 0.3) is 28.0 Å². The third kappa shape index (κ3) is 4.33. The first-order chi connectivity index (χ1) is 19.1. The minimum atomic E-state index is -0.929.